The molecule has 0 saturated heterocycles. The molecule has 0 amide bonds. The Balaban J connectivity index is 0.000000752. The van der Waals surface area contributed by atoms with Crippen LogP contribution < -0.4 is 0 Å². The fourth-order valence-corrected chi connectivity index (χ4v) is 3.07. The van der Waals surface area contributed by atoms with Crippen molar-refractivity contribution in [3.05, 3.63) is 71.8 Å². The van der Waals surface area contributed by atoms with Gasteiger partial charge in [-0.3, -0.25) is 19.2 Å². The second-order valence-electron chi connectivity index (χ2n) is 8.82. The first-order chi connectivity index (χ1) is 20.2. The van der Waals surface area contributed by atoms with Crippen LogP contribution in [0.15, 0.2) is 60.7 Å². The van der Waals surface area contributed by atoms with Crippen molar-refractivity contribution in [1.29, 1.82) is 0 Å². The van der Waals surface area contributed by atoms with Gasteiger partial charge in [0, 0.05) is 25.7 Å². The topological polar surface area (TPSA) is 180 Å². The highest BCUT2D eigenvalue weighted by Gasteiger charge is 2.11. The highest BCUT2D eigenvalue weighted by atomic mass is 16.6. The summed E-state index contributed by atoms with van der Waals surface area (Å²) in [7, 11) is 0. The molecule has 0 heterocycles. The van der Waals surface area contributed by atoms with Crippen LogP contribution in [-0.2, 0) is 60.9 Å². The minimum Gasteiger partial charge on any atom is -0.481 e. The molecule has 0 aliphatic rings. The highest BCUT2D eigenvalue weighted by molar-refractivity contribution is 5.77. The van der Waals surface area contributed by atoms with Gasteiger partial charge in [-0.15, -0.1) is 0 Å². The second kappa shape index (κ2) is 22.0. The lowest BCUT2D eigenvalue weighted by molar-refractivity contribution is -0.160. The molecular weight excluding hydrogens is 552 g/mol. The zero-order chi connectivity index (χ0) is 31.0. The smallest absolute Gasteiger partial charge is 0.344 e. The van der Waals surface area contributed by atoms with Crippen LogP contribution in [0.25, 0.3) is 0 Å². The van der Waals surface area contributed by atoms with Gasteiger partial charge in [0.1, 0.15) is 13.2 Å². The maximum absolute atomic E-state index is 11.7. The number of carbonyl (C=O) groups is 6. The number of benzene rings is 2. The van der Waals surface area contributed by atoms with E-state index in [1.54, 1.807) is 0 Å². The fourth-order valence-electron chi connectivity index (χ4n) is 3.07. The van der Waals surface area contributed by atoms with Crippen molar-refractivity contribution in [3.8, 4) is 0 Å². The zero-order valence-corrected chi connectivity index (χ0v) is 23.2. The first-order valence-corrected chi connectivity index (χ1v) is 13.3. The molecule has 2 N–H and O–H groups in total. The molecule has 2 aromatic rings. The van der Waals surface area contributed by atoms with Gasteiger partial charge in [-0.25, -0.2) is 9.59 Å². The monoisotopic (exact) mass is 588 g/mol. The van der Waals surface area contributed by atoms with Gasteiger partial charge in [-0.05, 0) is 36.8 Å². The SMILES string of the molecule is O=C(CCCCC(=O)OCC(=O)OCc1ccccc1)OCC(=O)OCc1ccccc1.O=C(O)CCCCC(=O)O. The summed E-state index contributed by atoms with van der Waals surface area (Å²) in [5, 5.41) is 16.3. The Morgan fingerprint density at radius 1 is 0.452 bits per heavy atom. The molecule has 0 bridgehead atoms. The summed E-state index contributed by atoms with van der Waals surface area (Å²) in [5.41, 5.74) is 1.67. The predicted molar refractivity (Wildman–Crippen MR) is 147 cm³/mol. The molecule has 12 heteroatoms. The van der Waals surface area contributed by atoms with Crippen molar-refractivity contribution >= 4 is 35.8 Å². The summed E-state index contributed by atoms with van der Waals surface area (Å²) < 4.78 is 19.7. The first kappa shape index (κ1) is 35.3. The summed E-state index contributed by atoms with van der Waals surface area (Å²) in [6.07, 6.45) is 1.89. The van der Waals surface area contributed by atoms with Crippen molar-refractivity contribution < 1.29 is 57.9 Å². The lowest BCUT2D eigenvalue weighted by atomic mass is 10.2. The standard InChI is InChI=1S/C24H26O8.C6H10O4/c25-21(31-17-23(27)29-15-19-9-3-1-4-10-19)13-7-8-14-22(26)32-18-24(28)30-16-20-11-5-2-6-12-20;7-5(8)3-1-2-4-6(9)10/h1-6,9-12H,7-8,13-18H2;1-4H2,(H,7,8)(H,9,10). The van der Waals surface area contributed by atoms with E-state index in [9.17, 15) is 28.8 Å². The van der Waals surface area contributed by atoms with Gasteiger partial charge in [0.05, 0.1) is 0 Å². The minimum absolute atomic E-state index is 0.0539. The maximum atomic E-state index is 11.7. The Labute approximate surface area is 243 Å². The van der Waals surface area contributed by atoms with E-state index in [0.29, 0.717) is 25.7 Å². The zero-order valence-electron chi connectivity index (χ0n) is 23.2. The molecule has 0 atom stereocenters. The summed E-state index contributed by atoms with van der Waals surface area (Å²) in [6.45, 7) is -0.699. The number of carboxylic acid groups (broad SMARTS) is 2. The average Bonchev–Trinajstić information content (AvgIpc) is 2.98. The number of hydrogen-bond acceptors (Lipinski definition) is 10. The van der Waals surface area contributed by atoms with E-state index >= 15 is 0 Å². The lowest BCUT2D eigenvalue weighted by Crippen LogP contribution is -2.17. The van der Waals surface area contributed by atoms with Gasteiger partial charge in [0.2, 0.25) is 0 Å². The largest absolute Gasteiger partial charge is 0.481 e. The van der Waals surface area contributed by atoms with Gasteiger partial charge >= 0.3 is 35.8 Å². The van der Waals surface area contributed by atoms with Crippen LogP contribution in [0.5, 0.6) is 0 Å². The van der Waals surface area contributed by atoms with E-state index in [-0.39, 0.29) is 38.9 Å². The van der Waals surface area contributed by atoms with Crippen molar-refractivity contribution in [2.24, 2.45) is 0 Å². The third-order valence-corrected chi connectivity index (χ3v) is 5.23. The van der Waals surface area contributed by atoms with Gasteiger partial charge in [0.15, 0.2) is 13.2 Å². The van der Waals surface area contributed by atoms with Gasteiger partial charge < -0.3 is 29.2 Å². The predicted octanol–water partition coefficient (Wildman–Crippen LogP) is 3.84. The number of esters is 4. The average molecular weight is 589 g/mol. The van der Waals surface area contributed by atoms with Crippen molar-refractivity contribution in [2.45, 2.75) is 64.6 Å². The molecule has 0 saturated carbocycles. The number of ether oxygens (including phenoxy) is 4. The van der Waals surface area contributed by atoms with Crippen molar-refractivity contribution in [1.82, 2.24) is 0 Å². The third kappa shape index (κ3) is 20.2. The van der Waals surface area contributed by atoms with E-state index in [1.165, 1.54) is 0 Å². The molecule has 0 fully saturated rings. The Morgan fingerprint density at radius 2 is 0.786 bits per heavy atom. The molecule has 0 aliphatic heterocycles. The van der Waals surface area contributed by atoms with Crippen LogP contribution >= 0.6 is 0 Å². The number of rotatable bonds is 18. The maximum Gasteiger partial charge on any atom is 0.344 e. The normalized spacial score (nSPS) is 9.90. The molecule has 2 aromatic carbocycles. The molecule has 12 nitrogen and oxygen atoms in total. The fraction of sp³-hybridized carbons (Fsp3) is 0.400. The second-order valence-corrected chi connectivity index (χ2v) is 8.82. The molecule has 0 aromatic heterocycles. The van der Waals surface area contributed by atoms with E-state index in [1.807, 2.05) is 60.7 Å². The van der Waals surface area contributed by atoms with Gasteiger partial charge in [0.25, 0.3) is 0 Å². The Morgan fingerprint density at radius 3 is 1.12 bits per heavy atom. The van der Waals surface area contributed by atoms with E-state index in [0.717, 1.165) is 11.1 Å². The number of carbonyl (C=O) groups excluding carboxylic acids is 4. The molecule has 0 aliphatic carbocycles. The highest BCUT2D eigenvalue weighted by Crippen LogP contribution is 2.05. The summed E-state index contributed by atoms with van der Waals surface area (Å²) in [4.78, 5) is 66.3. The summed E-state index contributed by atoms with van der Waals surface area (Å²) in [6, 6.07) is 18.3. The van der Waals surface area contributed by atoms with Crippen LogP contribution in [0, 0.1) is 0 Å². The lowest BCUT2D eigenvalue weighted by Gasteiger charge is -2.07. The van der Waals surface area contributed by atoms with Crippen LogP contribution in [0.2, 0.25) is 0 Å². The Bertz CT molecular complexity index is 1030. The van der Waals surface area contributed by atoms with Gasteiger partial charge in [-0.1, -0.05) is 60.7 Å². The quantitative estimate of drug-likeness (QED) is 0.146. The van der Waals surface area contributed by atoms with E-state index in [2.05, 4.69) is 0 Å². The van der Waals surface area contributed by atoms with Crippen LogP contribution in [0.1, 0.15) is 62.5 Å². The van der Waals surface area contributed by atoms with E-state index < -0.39 is 49.0 Å². The van der Waals surface area contributed by atoms with Crippen molar-refractivity contribution in [3.63, 3.8) is 0 Å². The number of aliphatic carboxylic acids is 2. The number of unbranched alkanes of at least 4 members (excludes halogenated alkanes) is 2. The van der Waals surface area contributed by atoms with Crippen LogP contribution in [0.4, 0.5) is 0 Å². The Kier molecular flexibility index (Phi) is 18.5. The van der Waals surface area contributed by atoms with Crippen molar-refractivity contribution in [2.75, 3.05) is 13.2 Å². The first-order valence-electron chi connectivity index (χ1n) is 13.3. The molecule has 2 rings (SSSR count). The Hall–Kier alpha value is -4.74. The van der Waals surface area contributed by atoms with E-state index in [4.69, 9.17) is 29.2 Å². The molecular formula is C30H36O12. The summed E-state index contributed by atoms with van der Waals surface area (Å²) >= 11 is 0. The van der Waals surface area contributed by atoms with Crippen LogP contribution in [-0.4, -0.2) is 59.2 Å². The molecule has 42 heavy (non-hydrogen) atoms. The molecule has 0 spiro atoms. The molecule has 0 unspecified atom stereocenters. The van der Waals surface area contributed by atoms with Gasteiger partial charge in [-0.2, -0.15) is 0 Å². The third-order valence-electron chi connectivity index (χ3n) is 5.23. The number of carboxylic acids is 2. The summed E-state index contributed by atoms with van der Waals surface area (Å²) in [5.74, 6) is -4.12. The molecule has 228 valence electrons. The minimum atomic E-state index is -0.870. The molecule has 0 radical (unpaired) electrons. The van der Waals surface area contributed by atoms with Crippen LogP contribution in [0.3, 0.4) is 0 Å². The number of hydrogen-bond donors (Lipinski definition) is 2.